The lowest BCUT2D eigenvalue weighted by Gasteiger charge is -2.45. The van der Waals surface area contributed by atoms with E-state index in [4.69, 9.17) is 0 Å². The molecule has 0 unspecified atom stereocenters. The molecule has 0 spiro atoms. The molecule has 2 rings (SSSR count). The molecule has 0 aliphatic heterocycles. The zero-order chi connectivity index (χ0) is 11.3. The van der Waals surface area contributed by atoms with Gasteiger partial charge in [-0.25, -0.2) is 0 Å². The van der Waals surface area contributed by atoms with Crippen LogP contribution in [0, 0.1) is 0 Å². The van der Waals surface area contributed by atoms with E-state index in [1.54, 1.807) is 0 Å². The van der Waals surface area contributed by atoms with Gasteiger partial charge in [-0.1, -0.05) is 51.1 Å². The molecular weight excluding hydrogens is 184 g/mol. The summed E-state index contributed by atoms with van der Waals surface area (Å²) >= 11 is 0. The molecule has 0 bridgehead atoms. The maximum absolute atomic E-state index is 9.38. The SMILES string of the molecule is CC.CCC1(c2ccccc2)CC(O)C1. The Morgan fingerprint density at radius 1 is 1.20 bits per heavy atom. The minimum Gasteiger partial charge on any atom is -0.393 e. The quantitative estimate of drug-likeness (QED) is 0.785. The van der Waals surface area contributed by atoms with Gasteiger partial charge in [0.2, 0.25) is 0 Å². The Labute approximate surface area is 93.1 Å². The average molecular weight is 206 g/mol. The third-order valence-corrected chi connectivity index (χ3v) is 3.32. The van der Waals surface area contributed by atoms with Crippen LogP contribution in [0.2, 0.25) is 0 Å². The van der Waals surface area contributed by atoms with Crippen molar-refractivity contribution in [2.75, 3.05) is 0 Å². The summed E-state index contributed by atoms with van der Waals surface area (Å²) in [6.45, 7) is 6.21. The molecule has 1 saturated carbocycles. The van der Waals surface area contributed by atoms with E-state index >= 15 is 0 Å². The third kappa shape index (κ3) is 2.40. The second kappa shape index (κ2) is 5.32. The van der Waals surface area contributed by atoms with Crippen molar-refractivity contribution < 1.29 is 5.11 Å². The van der Waals surface area contributed by atoms with Crippen LogP contribution in [0.1, 0.15) is 45.6 Å². The van der Waals surface area contributed by atoms with Crippen molar-refractivity contribution in [1.29, 1.82) is 0 Å². The summed E-state index contributed by atoms with van der Waals surface area (Å²) in [6, 6.07) is 10.6. The molecule has 1 aliphatic carbocycles. The summed E-state index contributed by atoms with van der Waals surface area (Å²) in [5, 5.41) is 9.38. The molecule has 0 aromatic heterocycles. The van der Waals surface area contributed by atoms with Crippen molar-refractivity contribution >= 4 is 0 Å². The molecule has 0 saturated heterocycles. The van der Waals surface area contributed by atoms with Gasteiger partial charge in [0.15, 0.2) is 0 Å². The highest BCUT2D eigenvalue weighted by molar-refractivity contribution is 5.28. The van der Waals surface area contributed by atoms with E-state index in [0.29, 0.717) is 0 Å². The predicted molar refractivity (Wildman–Crippen MR) is 65.0 cm³/mol. The van der Waals surface area contributed by atoms with Crippen LogP contribution in [0.15, 0.2) is 30.3 Å². The lowest BCUT2D eigenvalue weighted by atomic mass is 9.61. The van der Waals surface area contributed by atoms with Crippen LogP contribution in [-0.4, -0.2) is 11.2 Å². The normalized spacial score (nSPS) is 28.7. The number of aliphatic hydroxyl groups is 1. The summed E-state index contributed by atoms with van der Waals surface area (Å²) in [6.07, 6.45) is 2.94. The van der Waals surface area contributed by atoms with Crippen molar-refractivity contribution in [2.24, 2.45) is 0 Å². The molecule has 1 nitrogen and oxygen atoms in total. The minimum absolute atomic E-state index is 0.0693. The molecular formula is C14H22O. The fourth-order valence-corrected chi connectivity index (χ4v) is 2.36. The maximum atomic E-state index is 9.38. The highest BCUT2D eigenvalue weighted by Crippen LogP contribution is 2.46. The van der Waals surface area contributed by atoms with Crippen LogP contribution in [0.25, 0.3) is 0 Å². The first kappa shape index (κ1) is 12.3. The number of aliphatic hydroxyl groups excluding tert-OH is 1. The monoisotopic (exact) mass is 206 g/mol. The molecule has 1 N–H and O–H groups in total. The highest BCUT2D eigenvalue weighted by Gasteiger charge is 2.42. The van der Waals surface area contributed by atoms with E-state index in [1.807, 2.05) is 19.9 Å². The van der Waals surface area contributed by atoms with Crippen LogP contribution in [0.3, 0.4) is 0 Å². The second-order valence-corrected chi connectivity index (χ2v) is 4.06. The predicted octanol–water partition coefficient (Wildman–Crippen LogP) is 3.52. The van der Waals surface area contributed by atoms with Crippen LogP contribution in [0.5, 0.6) is 0 Å². The number of benzene rings is 1. The molecule has 1 heteroatoms. The first-order valence-electron chi connectivity index (χ1n) is 6.00. The van der Waals surface area contributed by atoms with Crippen molar-refractivity contribution in [3.05, 3.63) is 35.9 Å². The van der Waals surface area contributed by atoms with E-state index < -0.39 is 0 Å². The third-order valence-electron chi connectivity index (χ3n) is 3.32. The first-order chi connectivity index (χ1) is 7.27. The summed E-state index contributed by atoms with van der Waals surface area (Å²) in [4.78, 5) is 0. The summed E-state index contributed by atoms with van der Waals surface area (Å²) < 4.78 is 0. The molecule has 0 radical (unpaired) electrons. The lowest BCUT2D eigenvalue weighted by molar-refractivity contribution is 0.0156. The van der Waals surface area contributed by atoms with Crippen molar-refractivity contribution in [2.45, 2.75) is 51.6 Å². The van der Waals surface area contributed by atoms with E-state index in [9.17, 15) is 5.11 Å². The van der Waals surface area contributed by atoms with Gasteiger partial charge >= 0.3 is 0 Å². The van der Waals surface area contributed by atoms with Crippen LogP contribution in [-0.2, 0) is 5.41 Å². The summed E-state index contributed by atoms with van der Waals surface area (Å²) in [5.41, 5.74) is 1.67. The molecule has 0 amide bonds. The Balaban J connectivity index is 0.000000531. The van der Waals surface area contributed by atoms with Crippen LogP contribution in [0.4, 0.5) is 0 Å². The highest BCUT2D eigenvalue weighted by atomic mass is 16.3. The smallest absolute Gasteiger partial charge is 0.0557 e. The van der Waals surface area contributed by atoms with Gasteiger partial charge in [-0.2, -0.15) is 0 Å². The van der Waals surface area contributed by atoms with Crippen molar-refractivity contribution in [1.82, 2.24) is 0 Å². The Morgan fingerprint density at radius 2 is 1.73 bits per heavy atom. The number of hydrogen-bond acceptors (Lipinski definition) is 1. The summed E-state index contributed by atoms with van der Waals surface area (Å²) in [7, 11) is 0. The fraction of sp³-hybridized carbons (Fsp3) is 0.571. The molecule has 0 heterocycles. The van der Waals surface area contributed by atoms with E-state index in [1.165, 1.54) is 5.56 Å². The topological polar surface area (TPSA) is 20.2 Å². The van der Waals surface area contributed by atoms with Gasteiger partial charge in [0.1, 0.15) is 0 Å². The molecule has 1 aromatic rings. The first-order valence-corrected chi connectivity index (χ1v) is 6.00. The Bertz CT molecular complexity index is 273. The number of rotatable bonds is 2. The molecule has 15 heavy (non-hydrogen) atoms. The van der Waals surface area contributed by atoms with E-state index in [0.717, 1.165) is 19.3 Å². The van der Waals surface area contributed by atoms with E-state index in [-0.39, 0.29) is 11.5 Å². The standard InChI is InChI=1S/C12H16O.C2H6/c1-2-12(8-11(13)9-12)10-6-4-3-5-7-10;1-2/h3-7,11,13H,2,8-9H2,1H3;1-2H3. The second-order valence-electron chi connectivity index (χ2n) is 4.06. The fourth-order valence-electron chi connectivity index (χ4n) is 2.36. The maximum Gasteiger partial charge on any atom is 0.0557 e. The Morgan fingerprint density at radius 3 is 2.13 bits per heavy atom. The van der Waals surface area contributed by atoms with Gasteiger partial charge in [-0.15, -0.1) is 0 Å². The van der Waals surface area contributed by atoms with Gasteiger partial charge in [0.25, 0.3) is 0 Å². The van der Waals surface area contributed by atoms with Crippen LogP contribution < -0.4 is 0 Å². The molecule has 84 valence electrons. The molecule has 1 aromatic carbocycles. The zero-order valence-corrected chi connectivity index (χ0v) is 10.0. The van der Waals surface area contributed by atoms with Crippen molar-refractivity contribution in [3.63, 3.8) is 0 Å². The largest absolute Gasteiger partial charge is 0.393 e. The number of hydrogen-bond donors (Lipinski definition) is 1. The minimum atomic E-state index is -0.0693. The van der Waals surface area contributed by atoms with E-state index in [2.05, 4.69) is 31.2 Å². The lowest BCUT2D eigenvalue weighted by Crippen LogP contribution is -2.44. The summed E-state index contributed by atoms with van der Waals surface area (Å²) in [5.74, 6) is 0. The molecule has 1 fully saturated rings. The van der Waals surface area contributed by atoms with Gasteiger partial charge in [-0.05, 0) is 30.2 Å². The zero-order valence-electron chi connectivity index (χ0n) is 10.0. The Hall–Kier alpha value is -0.820. The van der Waals surface area contributed by atoms with Gasteiger partial charge in [-0.3, -0.25) is 0 Å². The van der Waals surface area contributed by atoms with Crippen molar-refractivity contribution in [3.8, 4) is 0 Å². The van der Waals surface area contributed by atoms with Gasteiger partial charge in [0.05, 0.1) is 6.10 Å². The Kier molecular flexibility index (Phi) is 4.34. The molecule has 0 atom stereocenters. The average Bonchev–Trinajstić information content (AvgIpc) is 2.28. The molecule has 1 aliphatic rings. The van der Waals surface area contributed by atoms with Crippen LogP contribution >= 0.6 is 0 Å². The van der Waals surface area contributed by atoms with Gasteiger partial charge in [0, 0.05) is 0 Å². The van der Waals surface area contributed by atoms with Gasteiger partial charge < -0.3 is 5.11 Å².